The summed E-state index contributed by atoms with van der Waals surface area (Å²) in [6, 6.07) is 3.53. The van der Waals surface area contributed by atoms with Crippen LogP contribution in [-0.2, 0) is 6.42 Å². The summed E-state index contributed by atoms with van der Waals surface area (Å²) in [7, 11) is 0. The number of nitrogens with two attached hydrogens (primary N) is 1. The van der Waals surface area contributed by atoms with Crippen LogP contribution in [0, 0.1) is 9.39 Å². The fourth-order valence-electron chi connectivity index (χ4n) is 1.97. The van der Waals surface area contributed by atoms with Gasteiger partial charge in [-0.2, -0.15) is 0 Å². The lowest BCUT2D eigenvalue weighted by Crippen LogP contribution is -2.40. The van der Waals surface area contributed by atoms with Crippen LogP contribution < -0.4 is 10.6 Å². The zero-order valence-electron chi connectivity index (χ0n) is 8.63. The van der Waals surface area contributed by atoms with E-state index in [-0.39, 0.29) is 12.0 Å². The first-order valence-corrected chi connectivity index (χ1v) is 6.21. The second-order valence-corrected chi connectivity index (χ2v) is 4.98. The fourth-order valence-corrected chi connectivity index (χ4v) is 2.42. The van der Waals surface area contributed by atoms with Gasteiger partial charge in [0.2, 0.25) is 0 Å². The van der Waals surface area contributed by atoms with Crippen molar-refractivity contribution >= 4 is 28.3 Å². The van der Waals surface area contributed by atoms with E-state index in [1.165, 1.54) is 0 Å². The predicted molar refractivity (Wildman–Crippen MR) is 68.4 cm³/mol. The molecule has 82 valence electrons. The molecule has 1 aliphatic rings. The molecule has 1 heterocycles. The standard InChI is InChI=1S/C11H14FIN2/c1-2-11(14)15-4-3-7-5-8(12)9(13)6-10(7)15/h5-6,11H,2-4,14H2,1H3. The average molecular weight is 320 g/mol. The van der Waals surface area contributed by atoms with Crippen molar-refractivity contribution in [3.63, 3.8) is 0 Å². The molecule has 15 heavy (non-hydrogen) atoms. The molecule has 1 aliphatic heterocycles. The number of fused-ring (bicyclic) bond motifs is 1. The molecule has 4 heteroatoms. The molecule has 2 rings (SSSR count). The Morgan fingerprint density at radius 3 is 3.00 bits per heavy atom. The lowest BCUT2D eigenvalue weighted by molar-refractivity contribution is 0.609. The third-order valence-corrected chi connectivity index (χ3v) is 3.70. The van der Waals surface area contributed by atoms with Crippen molar-refractivity contribution in [2.75, 3.05) is 11.4 Å². The lowest BCUT2D eigenvalue weighted by Gasteiger charge is -2.26. The predicted octanol–water partition coefficient (Wildman–Crippen LogP) is 2.49. The molecule has 0 saturated heterocycles. The van der Waals surface area contributed by atoms with E-state index in [1.54, 1.807) is 6.07 Å². The largest absolute Gasteiger partial charge is 0.356 e. The summed E-state index contributed by atoms with van der Waals surface area (Å²) in [6.45, 7) is 2.97. The zero-order valence-corrected chi connectivity index (χ0v) is 10.8. The number of benzene rings is 1. The van der Waals surface area contributed by atoms with Crippen LogP contribution in [0.5, 0.6) is 0 Å². The van der Waals surface area contributed by atoms with Crippen LogP contribution in [0.25, 0.3) is 0 Å². The summed E-state index contributed by atoms with van der Waals surface area (Å²) < 4.78 is 14.0. The van der Waals surface area contributed by atoms with E-state index in [9.17, 15) is 4.39 Å². The molecule has 0 aromatic heterocycles. The Labute approximate surface area is 103 Å². The van der Waals surface area contributed by atoms with Gasteiger partial charge >= 0.3 is 0 Å². The summed E-state index contributed by atoms with van der Waals surface area (Å²) in [6.07, 6.45) is 1.86. The Kier molecular flexibility index (Phi) is 3.16. The highest BCUT2D eigenvalue weighted by Gasteiger charge is 2.24. The second kappa shape index (κ2) is 4.25. The van der Waals surface area contributed by atoms with Gasteiger partial charge in [0.05, 0.1) is 9.74 Å². The van der Waals surface area contributed by atoms with Gasteiger partial charge in [-0.15, -0.1) is 0 Å². The molecule has 0 amide bonds. The molecule has 2 N–H and O–H groups in total. The maximum atomic E-state index is 13.3. The van der Waals surface area contributed by atoms with Gasteiger partial charge in [-0.25, -0.2) is 4.39 Å². The molecule has 0 spiro atoms. The maximum Gasteiger partial charge on any atom is 0.136 e. The second-order valence-electron chi connectivity index (χ2n) is 3.81. The van der Waals surface area contributed by atoms with E-state index in [1.807, 2.05) is 28.7 Å². The molecule has 0 fully saturated rings. The molecule has 1 aromatic carbocycles. The molecular formula is C11H14FIN2. The SMILES string of the molecule is CCC(N)N1CCc2cc(F)c(I)cc21. The summed E-state index contributed by atoms with van der Waals surface area (Å²) >= 11 is 2.02. The Hall–Kier alpha value is -0.360. The average Bonchev–Trinajstić information content (AvgIpc) is 2.61. The van der Waals surface area contributed by atoms with E-state index in [0.29, 0.717) is 3.57 Å². The third kappa shape index (κ3) is 1.97. The van der Waals surface area contributed by atoms with Gasteiger partial charge in [-0.3, -0.25) is 0 Å². The highest BCUT2D eigenvalue weighted by molar-refractivity contribution is 14.1. The summed E-state index contributed by atoms with van der Waals surface area (Å²) in [5.74, 6) is -0.124. The van der Waals surface area contributed by atoms with Crippen molar-refractivity contribution < 1.29 is 4.39 Å². The van der Waals surface area contributed by atoms with Crippen molar-refractivity contribution in [3.05, 3.63) is 27.1 Å². The first kappa shape index (κ1) is 11.1. The zero-order chi connectivity index (χ0) is 11.0. The molecule has 0 saturated carbocycles. The Bertz CT molecular complexity index is 381. The molecule has 0 bridgehead atoms. The molecular weight excluding hydrogens is 306 g/mol. The van der Waals surface area contributed by atoms with Crippen LogP contribution in [0.2, 0.25) is 0 Å². The number of hydrogen-bond donors (Lipinski definition) is 1. The Morgan fingerprint density at radius 1 is 1.60 bits per heavy atom. The number of halogens is 2. The van der Waals surface area contributed by atoms with Crippen molar-refractivity contribution in [1.29, 1.82) is 0 Å². The quantitative estimate of drug-likeness (QED) is 0.849. The monoisotopic (exact) mass is 320 g/mol. The lowest BCUT2D eigenvalue weighted by atomic mass is 10.1. The van der Waals surface area contributed by atoms with Crippen LogP contribution in [0.3, 0.4) is 0 Å². The third-order valence-electron chi connectivity index (χ3n) is 2.87. The Balaban J connectivity index is 2.38. The maximum absolute atomic E-state index is 13.3. The van der Waals surface area contributed by atoms with E-state index < -0.39 is 0 Å². The molecule has 0 aliphatic carbocycles. The molecule has 1 aromatic rings. The van der Waals surface area contributed by atoms with Crippen LogP contribution in [0.15, 0.2) is 12.1 Å². The van der Waals surface area contributed by atoms with Gasteiger partial charge < -0.3 is 10.6 Å². The van der Waals surface area contributed by atoms with Gasteiger partial charge in [0.25, 0.3) is 0 Å². The van der Waals surface area contributed by atoms with Crippen LogP contribution in [0.4, 0.5) is 10.1 Å². The van der Waals surface area contributed by atoms with E-state index >= 15 is 0 Å². The molecule has 1 atom stereocenters. The minimum Gasteiger partial charge on any atom is -0.356 e. The van der Waals surface area contributed by atoms with Gasteiger partial charge in [-0.05, 0) is 53.1 Å². The van der Waals surface area contributed by atoms with Crippen LogP contribution in [0.1, 0.15) is 18.9 Å². The smallest absolute Gasteiger partial charge is 0.136 e. The van der Waals surface area contributed by atoms with Gasteiger partial charge in [0.15, 0.2) is 0 Å². The summed E-state index contributed by atoms with van der Waals surface area (Å²) in [4.78, 5) is 2.16. The van der Waals surface area contributed by atoms with Crippen molar-refractivity contribution in [2.24, 2.45) is 5.73 Å². The van der Waals surface area contributed by atoms with Gasteiger partial charge in [-0.1, -0.05) is 6.92 Å². The van der Waals surface area contributed by atoms with Gasteiger partial charge in [0.1, 0.15) is 5.82 Å². The summed E-state index contributed by atoms with van der Waals surface area (Å²) in [5.41, 5.74) is 8.20. The van der Waals surface area contributed by atoms with E-state index in [2.05, 4.69) is 11.8 Å². The molecule has 2 nitrogen and oxygen atoms in total. The topological polar surface area (TPSA) is 29.3 Å². The van der Waals surface area contributed by atoms with E-state index in [4.69, 9.17) is 5.73 Å². The van der Waals surface area contributed by atoms with Crippen LogP contribution >= 0.6 is 22.6 Å². The molecule has 1 unspecified atom stereocenters. The minimum atomic E-state index is -0.124. The normalized spacial score (nSPS) is 16.7. The highest BCUT2D eigenvalue weighted by atomic mass is 127. The van der Waals surface area contributed by atoms with E-state index in [0.717, 1.165) is 30.6 Å². The van der Waals surface area contributed by atoms with Gasteiger partial charge in [0, 0.05) is 12.2 Å². The van der Waals surface area contributed by atoms with Crippen molar-refractivity contribution in [3.8, 4) is 0 Å². The summed E-state index contributed by atoms with van der Waals surface area (Å²) in [5, 5.41) is 0. The minimum absolute atomic E-state index is 0.0486. The Morgan fingerprint density at radius 2 is 2.33 bits per heavy atom. The number of nitrogens with zero attached hydrogens (tertiary/aromatic N) is 1. The first-order chi connectivity index (χ1) is 7.13. The van der Waals surface area contributed by atoms with Crippen molar-refractivity contribution in [2.45, 2.75) is 25.9 Å². The number of rotatable bonds is 2. The number of hydrogen-bond acceptors (Lipinski definition) is 2. The number of anilines is 1. The van der Waals surface area contributed by atoms with Crippen LogP contribution in [-0.4, -0.2) is 12.7 Å². The van der Waals surface area contributed by atoms with Crippen molar-refractivity contribution in [1.82, 2.24) is 0 Å². The first-order valence-electron chi connectivity index (χ1n) is 5.13. The fraction of sp³-hybridized carbons (Fsp3) is 0.455. The molecule has 0 radical (unpaired) electrons. The highest BCUT2D eigenvalue weighted by Crippen LogP contribution is 2.32.